The molecule has 23 heavy (non-hydrogen) atoms. The Morgan fingerprint density at radius 1 is 0.913 bits per heavy atom. The molecule has 0 heterocycles. The number of carbonyl (C=O) groups excluding carboxylic acids is 3. The van der Waals surface area contributed by atoms with Crippen LogP contribution in [0.1, 0.15) is 51.0 Å². The summed E-state index contributed by atoms with van der Waals surface area (Å²) in [5, 5.41) is 0. The zero-order valence-corrected chi connectivity index (χ0v) is 13.6. The number of hydrogen-bond donors (Lipinski definition) is 0. The molecule has 5 nitrogen and oxygen atoms in total. The van der Waals surface area contributed by atoms with Crippen LogP contribution in [0.4, 0.5) is 4.79 Å². The van der Waals surface area contributed by atoms with Crippen molar-refractivity contribution in [2.45, 2.75) is 51.9 Å². The fraction of sp³-hybridized carbons (Fsp3) is 0.500. The maximum atomic E-state index is 11.8. The lowest BCUT2D eigenvalue weighted by atomic mass is 10.0. The molecule has 1 rings (SSSR count). The number of esters is 1. The minimum atomic E-state index is -0.941. The molecule has 0 aromatic heterocycles. The number of Topliss-reactive ketones (excluding diaryl/α,β-unsaturated/α-hetero) is 1. The summed E-state index contributed by atoms with van der Waals surface area (Å²) in [6, 6.07) is 9.69. The molecule has 1 aromatic carbocycles. The molecule has 0 aliphatic rings. The summed E-state index contributed by atoms with van der Waals surface area (Å²) in [6.07, 6.45) is 3.46. The first-order chi connectivity index (χ1) is 11.1. The van der Waals surface area contributed by atoms with E-state index in [0.717, 1.165) is 24.8 Å². The second kappa shape index (κ2) is 11.4. The van der Waals surface area contributed by atoms with Gasteiger partial charge < -0.3 is 9.47 Å². The van der Waals surface area contributed by atoms with Gasteiger partial charge >= 0.3 is 12.1 Å². The number of rotatable bonds is 10. The molecular weight excluding hydrogens is 296 g/mol. The lowest BCUT2D eigenvalue weighted by Gasteiger charge is -2.03. The van der Waals surface area contributed by atoms with Crippen molar-refractivity contribution in [1.82, 2.24) is 0 Å². The van der Waals surface area contributed by atoms with E-state index in [2.05, 4.69) is 9.47 Å². The van der Waals surface area contributed by atoms with Crippen LogP contribution in [0.25, 0.3) is 0 Å². The van der Waals surface area contributed by atoms with Gasteiger partial charge in [-0.05, 0) is 25.3 Å². The third kappa shape index (κ3) is 9.45. The first kappa shape index (κ1) is 18.9. The van der Waals surface area contributed by atoms with Crippen molar-refractivity contribution in [2.75, 3.05) is 6.61 Å². The second-order valence-corrected chi connectivity index (χ2v) is 5.27. The average molecular weight is 320 g/mol. The Balaban J connectivity index is 2.01. The van der Waals surface area contributed by atoms with E-state index in [4.69, 9.17) is 0 Å². The maximum Gasteiger partial charge on any atom is 0.516 e. The van der Waals surface area contributed by atoms with Gasteiger partial charge in [-0.3, -0.25) is 9.59 Å². The van der Waals surface area contributed by atoms with Crippen molar-refractivity contribution in [3.63, 3.8) is 0 Å². The Kier molecular flexibility index (Phi) is 9.36. The summed E-state index contributed by atoms with van der Waals surface area (Å²) in [4.78, 5) is 34.0. The van der Waals surface area contributed by atoms with Crippen molar-refractivity contribution in [3.8, 4) is 0 Å². The van der Waals surface area contributed by atoms with Crippen LogP contribution in [0.5, 0.6) is 0 Å². The molecule has 0 fully saturated rings. The first-order valence-electron chi connectivity index (χ1n) is 8.05. The highest BCUT2D eigenvalue weighted by atomic mass is 16.7. The molecule has 0 radical (unpaired) electrons. The predicted octanol–water partition coefficient (Wildman–Crippen LogP) is 3.84. The van der Waals surface area contributed by atoms with E-state index in [-0.39, 0.29) is 18.8 Å². The number of ether oxygens (including phenoxy) is 2. The Labute approximate surface area is 137 Å². The van der Waals surface area contributed by atoms with E-state index in [0.29, 0.717) is 19.3 Å². The summed E-state index contributed by atoms with van der Waals surface area (Å²) in [7, 11) is 0. The molecule has 126 valence electrons. The van der Waals surface area contributed by atoms with Crippen LogP contribution in [0, 0.1) is 0 Å². The van der Waals surface area contributed by atoms with Gasteiger partial charge in [0.05, 0.1) is 6.61 Å². The summed E-state index contributed by atoms with van der Waals surface area (Å²) in [5.41, 5.74) is 1.04. The van der Waals surface area contributed by atoms with E-state index in [9.17, 15) is 14.4 Å². The van der Waals surface area contributed by atoms with Crippen LogP contribution < -0.4 is 0 Å². The van der Waals surface area contributed by atoms with Crippen molar-refractivity contribution >= 4 is 17.9 Å². The molecule has 5 heteroatoms. The van der Waals surface area contributed by atoms with Crippen molar-refractivity contribution in [2.24, 2.45) is 0 Å². The van der Waals surface area contributed by atoms with Crippen molar-refractivity contribution in [3.05, 3.63) is 35.9 Å². The van der Waals surface area contributed by atoms with Crippen molar-refractivity contribution in [1.29, 1.82) is 0 Å². The molecule has 0 saturated carbocycles. The van der Waals surface area contributed by atoms with Gasteiger partial charge in [-0.1, -0.05) is 43.2 Å². The van der Waals surface area contributed by atoms with E-state index in [1.54, 1.807) is 6.92 Å². The van der Waals surface area contributed by atoms with Gasteiger partial charge in [-0.15, -0.1) is 0 Å². The summed E-state index contributed by atoms with van der Waals surface area (Å²) < 4.78 is 8.96. The van der Waals surface area contributed by atoms with E-state index in [1.165, 1.54) is 0 Å². The normalized spacial score (nSPS) is 10.1. The molecule has 0 spiro atoms. The molecule has 0 aliphatic carbocycles. The van der Waals surface area contributed by atoms with Crippen molar-refractivity contribution < 1.29 is 23.9 Å². The van der Waals surface area contributed by atoms with Gasteiger partial charge in [0.2, 0.25) is 0 Å². The average Bonchev–Trinajstić information content (AvgIpc) is 2.51. The highest BCUT2D eigenvalue weighted by Gasteiger charge is 2.10. The number of unbranched alkanes of at least 4 members (excludes halogenated alkanes) is 3. The molecule has 0 N–H and O–H groups in total. The zero-order valence-electron chi connectivity index (χ0n) is 13.6. The largest absolute Gasteiger partial charge is 0.516 e. The Morgan fingerprint density at radius 3 is 2.22 bits per heavy atom. The van der Waals surface area contributed by atoms with Crippen LogP contribution in [0.3, 0.4) is 0 Å². The number of ketones is 1. The summed E-state index contributed by atoms with van der Waals surface area (Å²) >= 11 is 0. The standard InChI is InChI=1S/C18H24O5/c1-2-22-18(21)23-17(20)13-9-4-3-8-12-16(19)14-15-10-6-5-7-11-15/h5-7,10-11H,2-4,8-9,12-14H2,1H3. The number of hydrogen-bond acceptors (Lipinski definition) is 5. The van der Waals surface area contributed by atoms with Gasteiger partial charge in [-0.25, -0.2) is 4.79 Å². The minimum Gasteiger partial charge on any atom is -0.434 e. The number of benzene rings is 1. The quantitative estimate of drug-likeness (QED) is 0.372. The van der Waals surface area contributed by atoms with E-state index < -0.39 is 12.1 Å². The summed E-state index contributed by atoms with van der Waals surface area (Å²) in [6.45, 7) is 1.83. The molecular formula is C18H24O5. The monoisotopic (exact) mass is 320 g/mol. The van der Waals surface area contributed by atoms with Crippen LogP contribution in [0.2, 0.25) is 0 Å². The first-order valence-corrected chi connectivity index (χ1v) is 8.05. The fourth-order valence-corrected chi connectivity index (χ4v) is 2.15. The van der Waals surface area contributed by atoms with Crippen LogP contribution >= 0.6 is 0 Å². The molecule has 0 atom stereocenters. The summed E-state index contributed by atoms with van der Waals surface area (Å²) in [5.74, 6) is -0.332. The smallest absolute Gasteiger partial charge is 0.434 e. The highest BCUT2D eigenvalue weighted by molar-refractivity contribution is 5.81. The van der Waals surface area contributed by atoms with Gasteiger partial charge in [0.25, 0.3) is 0 Å². The molecule has 0 aliphatic heterocycles. The molecule has 1 aromatic rings. The Morgan fingerprint density at radius 2 is 1.57 bits per heavy atom. The van der Waals surface area contributed by atoms with E-state index >= 15 is 0 Å². The molecule has 0 unspecified atom stereocenters. The van der Waals surface area contributed by atoms with Crippen LogP contribution in [-0.4, -0.2) is 24.5 Å². The third-order valence-electron chi connectivity index (χ3n) is 3.29. The van der Waals surface area contributed by atoms with Gasteiger partial charge in [0, 0.05) is 19.3 Å². The van der Waals surface area contributed by atoms with Gasteiger partial charge in [-0.2, -0.15) is 0 Å². The maximum absolute atomic E-state index is 11.8. The predicted molar refractivity (Wildman–Crippen MR) is 86.0 cm³/mol. The van der Waals surface area contributed by atoms with Gasteiger partial charge in [0.15, 0.2) is 0 Å². The fourth-order valence-electron chi connectivity index (χ4n) is 2.15. The Bertz CT molecular complexity index is 495. The highest BCUT2D eigenvalue weighted by Crippen LogP contribution is 2.09. The van der Waals surface area contributed by atoms with Crippen LogP contribution in [0.15, 0.2) is 30.3 Å². The minimum absolute atomic E-state index is 0.184. The van der Waals surface area contributed by atoms with Crippen LogP contribution in [-0.2, 0) is 25.5 Å². The lowest BCUT2D eigenvalue weighted by Crippen LogP contribution is -2.13. The zero-order chi connectivity index (χ0) is 16.9. The molecule has 0 amide bonds. The van der Waals surface area contributed by atoms with Gasteiger partial charge in [0.1, 0.15) is 5.78 Å². The Hall–Kier alpha value is -2.17. The molecule has 0 saturated heterocycles. The number of carbonyl (C=O) groups is 3. The SMILES string of the molecule is CCOC(=O)OC(=O)CCCCCCC(=O)Cc1ccccc1. The van der Waals surface area contributed by atoms with E-state index in [1.807, 2.05) is 30.3 Å². The molecule has 0 bridgehead atoms. The third-order valence-corrected chi connectivity index (χ3v) is 3.29. The second-order valence-electron chi connectivity index (χ2n) is 5.27. The lowest BCUT2D eigenvalue weighted by molar-refractivity contribution is -0.139. The topological polar surface area (TPSA) is 69.7 Å².